The summed E-state index contributed by atoms with van der Waals surface area (Å²) < 4.78 is 7.26. The maximum atomic E-state index is 12.4. The monoisotopic (exact) mass is 386 g/mol. The Balaban J connectivity index is 1.31. The van der Waals surface area contributed by atoms with Crippen molar-refractivity contribution >= 4 is 29.0 Å². The summed E-state index contributed by atoms with van der Waals surface area (Å²) in [5.41, 5.74) is 1.63. The van der Waals surface area contributed by atoms with Gasteiger partial charge in [0.05, 0.1) is 0 Å². The number of aryl methyl sites for hydroxylation is 1. The van der Waals surface area contributed by atoms with Crippen LogP contribution in [0.5, 0.6) is 5.75 Å². The van der Waals surface area contributed by atoms with E-state index in [4.69, 9.17) is 16.3 Å². The summed E-state index contributed by atoms with van der Waals surface area (Å²) in [6, 6.07) is 9.19. The van der Waals surface area contributed by atoms with E-state index in [1.54, 1.807) is 23.0 Å². The fraction of sp³-hybridized carbons (Fsp3) is 0.333. The van der Waals surface area contributed by atoms with Crippen molar-refractivity contribution in [1.82, 2.24) is 24.7 Å². The molecule has 0 radical (unpaired) electrons. The number of piperazine rings is 1. The van der Waals surface area contributed by atoms with Crippen LogP contribution < -0.4 is 9.64 Å². The van der Waals surface area contributed by atoms with Crippen LogP contribution >= 0.6 is 11.6 Å². The third kappa shape index (κ3) is 3.80. The van der Waals surface area contributed by atoms with Gasteiger partial charge in [-0.2, -0.15) is 4.52 Å². The van der Waals surface area contributed by atoms with Crippen molar-refractivity contribution in [3.63, 3.8) is 0 Å². The van der Waals surface area contributed by atoms with E-state index in [9.17, 15) is 4.79 Å². The second-order valence-electron chi connectivity index (χ2n) is 6.39. The lowest BCUT2D eigenvalue weighted by Crippen LogP contribution is -2.50. The zero-order valence-corrected chi connectivity index (χ0v) is 15.6. The number of anilines is 1. The summed E-state index contributed by atoms with van der Waals surface area (Å²) >= 11 is 6.01. The zero-order chi connectivity index (χ0) is 18.8. The van der Waals surface area contributed by atoms with Crippen LogP contribution in [0, 0.1) is 6.92 Å². The van der Waals surface area contributed by atoms with Gasteiger partial charge in [0, 0.05) is 31.2 Å². The average molecular weight is 387 g/mol. The Morgan fingerprint density at radius 1 is 1.19 bits per heavy atom. The molecule has 0 saturated carbocycles. The van der Waals surface area contributed by atoms with Crippen molar-refractivity contribution in [2.24, 2.45) is 0 Å². The molecule has 4 rings (SSSR count). The van der Waals surface area contributed by atoms with Crippen molar-refractivity contribution in [2.45, 2.75) is 6.92 Å². The van der Waals surface area contributed by atoms with E-state index in [1.807, 2.05) is 30.0 Å². The van der Waals surface area contributed by atoms with E-state index >= 15 is 0 Å². The average Bonchev–Trinajstić information content (AvgIpc) is 3.16. The predicted octanol–water partition coefficient (Wildman–Crippen LogP) is 1.81. The molecule has 3 heterocycles. The maximum Gasteiger partial charge on any atom is 0.260 e. The molecule has 0 atom stereocenters. The molecule has 8 nitrogen and oxygen atoms in total. The van der Waals surface area contributed by atoms with E-state index in [-0.39, 0.29) is 12.5 Å². The van der Waals surface area contributed by atoms with Crippen LogP contribution in [-0.2, 0) is 4.79 Å². The van der Waals surface area contributed by atoms with Crippen LogP contribution in [0.25, 0.3) is 5.65 Å². The van der Waals surface area contributed by atoms with Crippen LogP contribution in [0.15, 0.2) is 36.7 Å². The predicted molar refractivity (Wildman–Crippen MR) is 101 cm³/mol. The molecule has 1 aliphatic rings. The number of aromatic nitrogens is 4. The first kappa shape index (κ1) is 17.5. The van der Waals surface area contributed by atoms with Crippen LogP contribution in [0.1, 0.15) is 5.56 Å². The molecular weight excluding hydrogens is 368 g/mol. The Labute approximate surface area is 161 Å². The van der Waals surface area contributed by atoms with Crippen molar-refractivity contribution in [2.75, 3.05) is 37.7 Å². The highest BCUT2D eigenvalue weighted by atomic mass is 35.5. The van der Waals surface area contributed by atoms with E-state index < -0.39 is 0 Å². The molecular formula is C18H19ClN6O2. The minimum Gasteiger partial charge on any atom is -0.484 e. The number of ether oxygens (including phenoxy) is 1. The molecule has 1 saturated heterocycles. The number of carbonyl (C=O) groups excluding carboxylic acids is 1. The molecule has 0 aliphatic carbocycles. The number of benzene rings is 1. The van der Waals surface area contributed by atoms with Gasteiger partial charge in [-0.25, -0.2) is 0 Å². The molecule has 2 aromatic heterocycles. The Bertz CT molecular complexity index is 967. The standard InChI is InChI=1S/C18H19ClN6O2/c1-13-10-14(2-3-15(13)19)27-11-18(26)24-8-6-23(7-9-24)17-5-4-16-21-20-12-25(16)22-17/h2-5,10,12H,6-9,11H2,1H3. The fourth-order valence-corrected chi connectivity index (χ4v) is 3.13. The lowest BCUT2D eigenvalue weighted by Gasteiger charge is -2.35. The largest absolute Gasteiger partial charge is 0.484 e. The van der Waals surface area contributed by atoms with Crippen molar-refractivity contribution in [1.29, 1.82) is 0 Å². The first-order valence-electron chi connectivity index (χ1n) is 8.69. The number of rotatable bonds is 4. The number of amides is 1. The summed E-state index contributed by atoms with van der Waals surface area (Å²) in [4.78, 5) is 16.4. The number of hydrogen-bond donors (Lipinski definition) is 0. The number of fused-ring (bicyclic) bond motifs is 1. The number of hydrogen-bond acceptors (Lipinski definition) is 6. The van der Waals surface area contributed by atoms with Gasteiger partial charge in [0.15, 0.2) is 12.3 Å². The molecule has 0 N–H and O–H groups in total. The van der Waals surface area contributed by atoms with Crippen LogP contribution in [0.3, 0.4) is 0 Å². The molecule has 27 heavy (non-hydrogen) atoms. The van der Waals surface area contributed by atoms with Crippen molar-refractivity contribution < 1.29 is 9.53 Å². The maximum absolute atomic E-state index is 12.4. The Hall–Kier alpha value is -2.87. The van der Waals surface area contributed by atoms with Gasteiger partial charge in [0.1, 0.15) is 17.9 Å². The molecule has 1 aromatic carbocycles. The summed E-state index contributed by atoms with van der Waals surface area (Å²) in [5, 5.41) is 13.0. The highest BCUT2D eigenvalue weighted by molar-refractivity contribution is 6.31. The van der Waals surface area contributed by atoms with Gasteiger partial charge in [-0.05, 0) is 42.8 Å². The van der Waals surface area contributed by atoms with E-state index in [2.05, 4.69) is 20.2 Å². The first-order valence-corrected chi connectivity index (χ1v) is 9.07. The van der Waals surface area contributed by atoms with Gasteiger partial charge in [-0.3, -0.25) is 4.79 Å². The minimum atomic E-state index is -0.0236. The highest BCUT2D eigenvalue weighted by Crippen LogP contribution is 2.21. The van der Waals surface area contributed by atoms with Crippen LogP contribution in [0.2, 0.25) is 5.02 Å². The normalized spacial score (nSPS) is 14.6. The van der Waals surface area contributed by atoms with Gasteiger partial charge >= 0.3 is 0 Å². The third-order valence-electron chi connectivity index (χ3n) is 4.60. The number of halogens is 1. The zero-order valence-electron chi connectivity index (χ0n) is 14.9. The van der Waals surface area contributed by atoms with E-state index in [1.165, 1.54) is 0 Å². The van der Waals surface area contributed by atoms with Crippen LogP contribution in [-0.4, -0.2) is 63.4 Å². The van der Waals surface area contributed by atoms with E-state index in [0.29, 0.717) is 42.6 Å². The molecule has 3 aromatic rings. The molecule has 0 bridgehead atoms. The van der Waals surface area contributed by atoms with Gasteiger partial charge in [-0.1, -0.05) is 11.6 Å². The molecule has 1 fully saturated rings. The van der Waals surface area contributed by atoms with Gasteiger partial charge in [0.25, 0.3) is 5.91 Å². The second-order valence-corrected chi connectivity index (χ2v) is 6.80. The fourth-order valence-electron chi connectivity index (χ4n) is 3.02. The number of carbonyl (C=O) groups is 1. The lowest BCUT2D eigenvalue weighted by atomic mass is 10.2. The second kappa shape index (κ2) is 7.40. The lowest BCUT2D eigenvalue weighted by molar-refractivity contribution is -0.133. The summed E-state index contributed by atoms with van der Waals surface area (Å²) in [5.74, 6) is 1.47. The van der Waals surface area contributed by atoms with Crippen LogP contribution in [0.4, 0.5) is 5.82 Å². The highest BCUT2D eigenvalue weighted by Gasteiger charge is 2.22. The topological polar surface area (TPSA) is 75.9 Å². The Kier molecular flexibility index (Phi) is 4.81. The molecule has 0 spiro atoms. The summed E-state index contributed by atoms with van der Waals surface area (Å²) in [6.07, 6.45) is 1.58. The van der Waals surface area contributed by atoms with Crippen molar-refractivity contribution in [3.8, 4) is 5.75 Å². The molecule has 1 amide bonds. The quantitative estimate of drug-likeness (QED) is 0.680. The van der Waals surface area contributed by atoms with Gasteiger partial charge in [0.2, 0.25) is 0 Å². The minimum absolute atomic E-state index is 0.0198. The SMILES string of the molecule is Cc1cc(OCC(=O)N2CCN(c3ccc4nncn4n3)CC2)ccc1Cl. The molecule has 0 unspecified atom stereocenters. The summed E-state index contributed by atoms with van der Waals surface area (Å²) in [7, 11) is 0. The first-order chi connectivity index (χ1) is 13.1. The third-order valence-corrected chi connectivity index (χ3v) is 5.02. The smallest absolute Gasteiger partial charge is 0.260 e. The van der Waals surface area contributed by atoms with Gasteiger partial charge < -0.3 is 14.5 Å². The Morgan fingerprint density at radius 2 is 2.00 bits per heavy atom. The number of nitrogens with zero attached hydrogens (tertiary/aromatic N) is 6. The summed E-state index contributed by atoms with van der Waals surface area (Å²) in [6.45, 7) is 4.61. The molecule has 9 heteroatoms. The molecule has 140 valence electrons. The van der Waals surface area contributed by atoms with Gasteiger partial charge in [-0.15, -0.1) is 15.3 Å². The van der Waals surface area contributed by atoms with E-state index in [0.717, 1.165) is 11.4 Å². The Morgan fingerprint density at radius 3 is 2.78 bits per heavy atom. The van der Waals surface area contributed by atoms with Crippen molar-refractivity contribution in [3.05, 3.63) is 47.2 Å². The molecule has 1 aliphatic heterocycles.